The minimum absolute atomic E-state index is 0.234. The Bertz CT molecular complexity index is 859. The Morgan fingerprint density at radius 1 is 1.31 bits per heavy atom. The van der Waals surface area contributed by atoms with Crippen molar-refractivity contribution in [1.82, 2.24) is 15.2 Å². The Morgan fingerprint density at radius 2 is 2.08 bits per heavy atom. The minimum atomic E-state index is -0.597. The molecule has 1 aromatic heterocycles. The molecule has 2 heterocycles. The van der Waals surface area contributed by atoms with Crippen LogP contribution < -0.4 is 10.2 Å². The molecule has 3 rings (SSSR count). The molecule has 1 N–H and O–H groups in total. The van der Waals surface area contributed by atoms with E-state index >= 15 is 0 Å². The van der Waals surface area contributed by atoms with E-state index in [0.717, 1.165) is 11.3 Å². The number of pyridine rings is 1. The van der Waals surface area contributed by atoms with Crippen molar-refractivity contribution < 1.29 is 9.59 Å². The van der Waals surface area contributed by atoms with Crippen LogP contribution in [-0.2, 0) is 11.3 Å². The fourth-order valence-electron chi connectivity index (χ4n) is 2.90. The quantitative estimate of drug-likeness (QED) is 0.867. The second-order valence-corrected chi connectivity index (χ2v) is 6.84. The van der Waals surface area contributed by atoms with E-state index in [-0.39, 0.29) is 25.0 Å². The lowest BCUT2D eigenvalue weighted by molar-refractivity contribution is -0.124. The second-order valence-electron chi connectivity index (χ2n) is 6.06. The molecule has 0 spiro atoms. The topological polar surface area (TPSA) is 65.5 Å². The summed E-state index contributed by atoms with van der Waals surface area (Å²) in [7, 11) is 1.62. The number of carbonyl (C=O) groups is 2. The van der Waals surface area contributed by atoms with Gasteiger partial charge in [0, 0.05) is 19.8 Å². The van der Waals surface area contributed by atoms with Gasteiger partial charge in [0.25, 0.3) is 0 Å². The van der Waals surface area contributed by atoms with Crippen molar-refractivity contribution in [2.24, 2.45) is 0 Å². The number of aromatic nitrogens is 1. The number of benzene rings is 1. The molecule has 0 aliphatic carbocycles. The van der Waals surface area contributed by atoms with E-state index in [1.54, 1.807) is 42.4 Å². The summed E-state index contributed by atoms with van der Waals surface area (Å²) in [6, 6.07) is 8.01. The summed E-state index contributed by atoms with van der Waals surface area (Å²) in [5, 5.41) is 3.68. The summed E-state index contributed by atoms with van der Waals surface area (Å²) >= 11 is 12.1. The fraction of sp³-hybridized carbons (Fsp3) is 0.278. The first-order valence-corrected chi connectivity index (χ1v) is 8.82. The smallest absolute Gasteiger partial charge is 0.325 e. The first-order valence-electron chi connectivity index (χ1n) is 8.06. The lowest BCUT2D eigenvalue weighted by Crippen LogP contribution is -2.43. The van der Waals surface area contributed by atoms with Gasteiger partial charge < -0.3 is 10.2 Å². The number of rotatable bonds is 4. The van der Waals surface area contributed by atoms with Gasteiger partial charge >= 0.3 is 6.03 Å². The van der Waals surface area contributed by atoms with Gasteiger partial charge in [-0.05, 0) is 30.7 Å². The number of nitrogens with one attached hydrogen (secondary N) is 1. The van der Waals surface area contributed by atoms with Crippen LogP contribution in [0.1, 0.15) is 11.3 Å². The third kappa shape index (κ3) is 3.48. The van der Waals surface area contributed by atoms with Crippen LogP contribution in [0.4, 0.5) is 10.5 Å². The van der Waals surface area contributed by atoms with Gasteiger partial charge in [0.15, 0.2) is 0 Å². The van der Waals surface area contributed by atoms with E-state index in [1.807, 2.05) is 13.0 Å². The van der Waals surface area contributed by atoms with Gasteiger partial charge in [-0.2, -0.15) is 0 Å². The Morgan fingerprint density at radius 3 is 2.81 bits per heavy atom. The van der Waals surface area contributed by atoms with Gasteiger partial charge in [-0.15, -0.1) is 0 Å². The van der Waals surface area contributed by atoms with Crippen molar-refractivity contribution in [3.8, 4) is 0 Å². The molecule has 26 heavy (non-hydrogen) atoms. The first kappa shape index (κ1) is 18.5. The zero-order valence-corrected chi connectivity index (χ0v) is 15.9. The Kier molecular flexibility index (Phi) is 5.34. The molecule has 0 bridgehead atoms. The predicted octanol–water partition coefficient (Wildman–Crippen LogP) is 3.25. The number of nitrogens with zero attached hydrogens (tertiary/aromatic N) is 3. The average Bonchev–Trinajstić information content (AvgIpc) is 2.92. The number of carbonyl (C=O) groups excluding carboxylic acids is 2. The molecule has 1 aliphatic rings. The number of amides is 3. The maximum Gasteiger partial charge on any atom is 0.325 e. The lowest BCUT2D eigenvalue weighted by atomic mass is 10.2. The van der Waals surface area contributed by atoms with Gasteiger partial charge in [-0.25, -0.2) is 4.79 Å². The molecule has 1 atom stereocenters. The van der Waals surface area contributed by atoms with E-state index < -0.39 is 6.04 Å². The standard InChI is InChI=1S/C18H18Cl2N4O2/c1-11-14(7-4-8-21-11)24-10-15(23(2)18(24)26)17(25)22-9-12-5-3-6-13(19)16(12)20/h3-8,15H,9-10H2,1-2H3,(H,22,25)/t15-/m0/s1. The molecule has 1 aliphatic heterocycles. The molecule has 6 nitrogen and oxygen atoms in total. The molecule has 0 saturated carbocycles. The van der Waals surface area contributed by atoms with Crippen LogP contribution >= 0.6 is 23.2 Å². The summed E-state index contributed by atoms with van der Waals surface area (Å²) in [5.41, 5.74) is 2.16. The molecular weight excluding hydrogens is 375 g/mol. The maximum atomic E-state index is 12.6. The minimum Gasteiger partial charge on any atom is -0.350 e. The number of halogens is 2. The maximum absolute atomic E-state index is 12.6. The van der Waals surface area contributed by atoms with E-state index in [1.165, 1.54) is 4.90 Å². The monoisotopic (exact) mass is 392 g/mol. The van der Waals surface area contributed by atoms with Crippen LogP contribution in [0.3, 0.4) is 0 Å². The SMILES string of the molecule is Cc1ncccc1N1C[C@@H](C(=O)NCc2cccc(Cl)c2Cl)N(C)C1=O. The highest BCUT2D eigenvalue weighted by molar-refractivity contribution is 6.42. The first-order chi connectivity index (χ1) is 12.4. The van der Waals surface area contributed by atoms with Gasteiger partial charge in [-0.1, -0.05) is 35.3 Å². The summed E-state index contributed by atoms with van der Waals surface area (Å²) in [4.78, 5) is 32.4. The van der Waals surface area contributed by atoms with Crippen LogP contribution in [0.2, 0.25) is 10.0 Å². The van der Waals surface area contributed by atoms with Crippen molar-refractivity contribution in [3.63, 3.8) is 0 Å². The molecule has 8 heteroatoms. The van der Waals surface area contributed by atoms with Crippen molar-refractivity contribution in [1.29, 1.82) is 0 Å². The summed E-state index contributed by atoms with van der Waals surface area (Å²) in [6.07, 6.45) is 1.67. The molecule has 0 radical (unpaired) electrons. The van der Waals surface area contributed by atoms with Crippen molar-refractivity contribution >= 4 is 40.8 Å². The second kappa shape index (κ2) is 7.51. The molecule has 1 fully saturated rings. The number of anilines is 1. The Labute approximate surface area is 161 Å². The zero-order valence-electron chi connectivity index (χ0n) is 14.4. The number of hydrogen-bond acceptors (Lipinski definition) is 3. The number of urea groups is 1. The van der Waals surface area contributed by atoms with Gasteiger partial charge in [0.1, 0.15) is 6.04 Å². The normalized spacial score (nSPS) is 16.9. The lowest BCUT2D eigenvalue weighted by Gasteiger charge is -2.17. The predicted molar refractivity (Wildman–Crippen MR) is 102 cm³/mol. The van der Waals surface area contributed by atoms with Gasteiger partial charge in [0.2, 0.25) is 5.91 Å². The number of hydrogen-bond donors (Lipinski definition) is 1. The fourth-order valence-corrected chi connectivity index (χ4v) is 3.29. The highest BCUT2D eigenvalue weighted by Crippen LogP contribution is 2.26. The molecule has 3 amide bonds. The van der Waals surface area contributed by atoms with Crippen LogP contribution in [0.5, 0.6) is 0 Å². The van der Waals surface area contributed by atoms with Crippen LogP contribution in [-0.4, -0.2) is 41.5 Å². The molecule has 1 saturated heterocycles. The van der Waals surface area contributed by atoms with E-state index in [0.29, 0.717) is 15.7 Å². The molecule has 1 aromatic carbocycles. The largest absolute Gasteiger partial charge is 0.350 e. The van der Waals surface area contributed by atoms with Crippen molar-refractivity contribution in [2.45, 2.75) is 19.5 Å². The van der Waals surface area contributed by atoms with Gasteiger partial charge in [-0.3, -0.25) is 14.7 Å². The summed E-state index contributed by atoms with van der Waals surface area (Å²) < 4.78 is 0. The van der Waals surface area contributed by atoms with E-state index in [9.17, 15) is 9.59 Å². The highest BCUT2D eigenvalue weighted by atomic mass is 35.5. The van der Waals surface area contributed by atoms with Gasteiger partial charge in [0.05, 0.1) is 28.0 Å². The third-order valence-electron chi connectivity index (χ3n) is 4.41. The molecule has 0 unspecified atom stereocenters. The molecular formula is C18H18Cl2N4O2. The Balaban J connectivity index is 1.71. The molecule has 2 aromatic rings. The summed E-state index contributed by atoms with van der Waals surface area (Å²) in [5.74, 6) is -0.249. The average molecular weight is 393 g/mol. The van der Waals surface area contributed by atoms with Crippen molar-refractivity contribution in [3.05, 3.63) is 57.8 Å². The van der Waals surface area contributed by atoms with Crippen LogP contribution in [0, 0.1) is 6.92 Å². The number of aryl methyl sites for hydroxylation is 1. The third-order valence-corrected chi connectivity index (χ3v) is 5.27. The van der Waals surface area contributed by atoms with Crippen LogP contribution in [0.25, 0.3) is 0 Å². The van der Waals surface area contributed by atoms with E-state index in [4.69, 9.17) is 23.2 Å². The van der Waals surface area contributed by atoms with Crippen LogP contribution in [0.15, 0.2) is 36.5 Å². The van der Waals surface area contributed by atoms with E-state index in [2.05, 4.69) is 10.3 Å². The summed E-state index contributed by atoms with van der Waals surface area (Å²) in [6.45, 7) is 2.33. The van der Waals surface area contributed by atoms with Crippen molar-refractivity contribution in [2.75, 3.05) is 18.5 Å². The zero-order chi connectivity index (χ0) is 18.8. The highest BCUT2D eigenvalue weighted by Gasteiger charge is 2.40. The Hall–Kier alpha value is -2.31. The number of likely N-dealkylation sites (N-methyl/N-ethyl adjacent to an activating group) is 1. The molecule has 136 valence electrons.